The fourth-order valence-corrected chi connectivity index (χ4v) is 2.97. The van der Waals surface area contributed by atoms with Crippen molar-refractivity contribution >= 4 is 5.91 Å². The SMILES string of the molecule is Cc1ccc(C)n1-c1ccc(C(=O)NCC(O)c2ccc(F)c(F)c2)cc1. The van der Waals surface area contributed by atoms with Crippen LogP contribution in [0.1, 0.15) is 33.4 Å². The van der Waals surface area contributed by atoms with Crippen LogP contribution >= 0.6 is 0 Å². The molecule has 3 rings (SSSR count). The summed E-state index contributed by atoms with van der Waals surface area (Å²) in [6, 6.07) is 14.3. The van der Waals surface area contributed by atoms with Crippen LogP contribution in [0.25, 0.3) is 5.69 Å². The van der Waals surface area contributed by atoms with Crippen molar-refractivity contribution in [2.24, 2.45) is 0 Å². The summed E-state index contributed by atoms with van der Waals surface area (Å²) < 4.78 is 28.3. The molecule has 0 bridgehead atoms. The molecule has 0 aliphatic heterocycles. The molecular formula is C21H20F2N2O2. The van der Waals surface area contributed by atoms with E-state index in [1.807, 2.05) is 38.1 Å². The highest BCUT2D eigenvalue weighted by molar-refractivity contribution is 5.94. The third-order valence-electron chi connectivity index (χ3n) is 4.44. The maximum atomic E-state index is 13.2. The van der Waals surface area contributed by atoms with Crippen molar-refractivity contribution in [3.63, 3.8) is 0 Å². The number of nitrogens with zero attached hydrogens (tertiary/aromatic N) is 1. The van der Waals surface area contributed by atoms with Gasteiger partial charge in [-0.25, -0.2) is 8.78 Å². The topological polar surface area (TPSA) is 54.3 Å². The quantitative estimate of drug-likeness (QED) is 0.717. The zero-order valence-corrected chi connectivity index (χ0v) is 15.0. The van der Waals surface area contributed by atoms with Gasteiger partial charge in [-0.05, 0) is 67.9 Å². The molecular weight excluding hydrogens is 350 g/mol. The van der Waals surface area contributed by atoms with Crippen LogP contribution in [0.5, 0.6) is 0 Å². The van der Waals surface area contributed by atoms with Crippen LogP contribution in [-0.4, -0.2) is 22.1 Å². The molecule has 1 aromatic heterocycles. The minimum atomic E-state index is -1.13. The molecule has 27 heavy (non-hydrogen) atoms. The number of halogens is 2. The Morgan fingerprint density at radius 3 is 2.22 bits per heavy atom. The van der Waals surface area contributed by atoms with Crippen molar-refractivity contribution in [1.82, 2.24) is 9.88 Å². The number of aromatic nitrogens is 1. The van der Waals surface area contributed by atoms with Gasteiger partial charge in [0.25, 0.3) is 5.91 Å². The van der Waals surface area contributed by atoms with Gasteiger partial charge in [0, 0.05) is 29.2 Å². The number of hydrogen-bond donors (Lipinski definition) is 2. The van der Waals surface area contributed by atoms with Gasteiger partial charge in [-0.3, -0.25) is 4.79 Å². The summed E-state index contributed by atoms with van der Waals surface area (Å²) in [6.45, 7) is 3.90. The largest absolute Gasteiger partial charge is 0.387 e. The van der Waals surface area contributed by atoms with Crippen LogP contribution in [-0.2, 0) is 0 Å². The van der Waals surface area contributed by atoms with Gasteiger partial charge in [0.15, 0.2) is 11.6 Å². The first-order chi connectivity index (χ1) is 12.9. The van der Waals surface area contributed by atoms with Crippen molar-refractivity contribution in [2.45, 2.75) is 20.0 Å². The van der Waals surface area contributed by atoms with E-state index in [0.29, 0.717) is 5.56 Å². The molecule has 0 spiro atoms. The van der Waals surface area contributed by atoms with Gasteiger partial charge in [0.05, 0.1) is 6.10 Å². The van der Waals surface area contributed by atoms with Crippen molar-refractivity contribution in [2.75, 3.05) is 6.54 Å². The van der Waals surface area contributed by atoms with Gasteiger partial charge in [0.2, 0.25) is 0 Å². The summed E-state index contributed by atoms with van der Waals surface area (Å²) >= 11 is 0. The van der Waals surface area contributed by atoms with Crippen LogP contribution in [0, 0.1) is 25.5 Å². The molecule has 1 amide bonds. The highest BCUT2D eigenvalue weighted by atomic mass is 19.2. The molecule has 0 saturated heterocycles. The number of aliphatic hydroxyl groups is 1. The fourth-order valence-electron chi connectivity index (χ4n) is 2.97. The number of amides is 1. The van der Waals surface area contributed by atoms with Gasteiger partial charge in [-0.1, -0.05) is 6.07 Å². The second kappa shape index (κ2) is 7.72. The molecule has 1 heterocycles. The first-order valence-corrected chi connectivity index (χ1v) is 8.53. The van der Waals surface area contributed by atoms with Crippen LogP contribution in [0.4, 0.5) is 8.78 Å². The van der Waals surface area contributed by atoms with E-state index in [4.69, 9.17) is 0 Å². The van der Waals surface area contributed by atoms with Gasteiger partial charge >= 0.3 is 0 Å². The normalized spacial score (nSPS) is 12.0. The van der Waals surface area contributed by atoms with E-state index < -0.39 is 17.7 Å². The van der Waals surface area contributed by atoms with E-state index >= 15 is 0 Å². The molecule has 0 radical (unpaired) electrons. The minimum Gasteiger partial charge on any atom is -0.387 e. The lowest BCUT2D eigenvalue weighted by Gasteiger charge is -2.13. The zero-order chi connectivity index (χ0) is 19.6. The molecule has 0 aliphatic carbocycles. The van der Waals surface area contributed by atoms with Crippen LogP contribution in [0.2, 0.25) is 0 Å². The Balaban J connectivity index is 1.65. The molecule has 0 aliphatic rings. The zero-order valence-electron chi connectivity index (χ0n) is 15.0. The van der Waals surface area contributed by atoms with Gasteiger partial charge < -0.3 is 15.0 Å². The van der Waals surface area contributed by atoms with Gasteiger partial charge in [-0.2, -0.15) is 0 Å². The van der Waals surface area contributed by atoms with E-state index in [9.17, 15) is 18.7 Å². The Morgan fingerprint density at radius 2 is 1.63 bits per heavy atom. The Hall–Kier alpha value is -2.99. The number of aryl methyl sites for hydroxylation is 2. The highest BCUT2D eigenvalue weighted by Gasteiger charge is 2.13. The van der Waals surface area contributed by atoms with E-state index in [0.717, 1.165) is 29.2 Å². The third kappa shape index (κ3) is 4.06. The minimum absolute atomic E-state index is 0.110. The number of aliphatic hydroxyl groups excluding tert-OH is 1. The second-order valence-corrected chi connectivity index (χ2v) is 6.40. The average Bonchev–Trinajstić information content (AvgIpc) is 3.00. The Labute approximate surface area is 156 Å². The number of carbonyl (C=O) groups is 1. The van der Waals surface area contributed by atoms with Crippen LogP contribution in [0.15, 0.2) is 54.6 Å². The predicted molar refractivity (Wildman–Crippen MR) is 98.9 cm³/mol. The molecule has 1 unspecified atom stereocenters. The molecule has 3 aromatic rings. The molecule has 2 aromatic carbocycles. The van der Waals surface area contributed by atoms with Crippen LogP contribution < -0.4 is 5.32 Å². The standard InChI is InChI=1S/C21H20F2N2O2/c1-13-3-4-14(2)25(13)17-8-5-15(6-9-17)21(27)24-12-20(26)16-7-10-18(22)19(23)11-16/h3-11,20,26H,12H2,1-2H3,(H,24,27). The molecule has 0 fully saturated rings. The predicted octanol–water partition coefficient (Wildman–Crippen LogP) is 3.84. The van der Waals surface area contributed by atoms with Gasteiger partial charge in [-0.15, -0.1) is 0 Å². The first-order valence-electron chi connectivity index (χ1n) is 8.53. The molecule has 4 nitrogen and oxygen atoms in total. The van der Waals surface area contributed by atoms with Crippen molar-refractivity contribution in [3.05, 3.63) is 88.7 Å². The summed E-state index contributed by atoms with van der Waals surface area (Å²) in [5.74, 6) is -2.38. The molecule has 2 N–H and O–H groups in total. The van der Waals surface area contributed by atoms with E-state index in [1.165, 1.54) is 6.07 Å². The Bertz CT molecular complexity index is 945. The lowest BCUT2D eigenvalue weighted by Crippen LogP contribution is -2.28. The number of rotatable bonds is 5. The van der Waals surface area contributed by atoms with Gasteiger partial charge in [0.1, 0.15) is 0 Å². The fraction of sp³-hybridized carbons (Fsp3) is 0.190. The molecule has 0 saturated carbocycles. The Kier molecular flexibility index (Phi) is 5.37. The maximum absolute atomic E-state index is 13.2. The summed E-state index contributed by atoms with van der Waals surface area (Å²) in [5, 5.41) is 12.7. The first kappa shape index (κ1) is 18.8. The van der Waals surface area contributed by atoms with E-state index in [-0.39, 0.29) is 18.0 Å². The average molecular weight is 370 g/mol. The maximum Gasteiger partial charge on any atom is 0.251 e. The summed E-state index contributed by atoms with van der Waals surface area (Å²) in [6.07, 6.45) is -1.13. The van der Waals surface area contributed by atoms with E-state index in [1.54, 1.807) is 12.1 Å². The monoisotopic (exact) mass is 370 g/mol. The molecule has 1 atom stereocenters. The number of nitrogens with one attached hydrogen (secondary N) is 1. The number of benzene rings is 2. The third-order valence-corrected chi connectivity index (χ3v) is 4.44. The summed E-state index contributed by atoms with van der Waals surface area (Å²) in [5.41, 5.74) is 3.79. The molecule has 6 heteroatoms. The highest BCUT2D eigenvalue weighted by Crippen LogP contribution is 2.18. The van der Waals surface area contributed by atoms with Crippen molar-refractivity contribution in [3.8, 4) is 5.69 Å². The second-order valence-electron chi connectivity index (χ2n) is 6.40. The van der Waals surface area contributed by atoms with Crippen molar-refractivity contribution in [1.29, 1.82) is 0 Å². The van der Waals surface area contributed by atoms with E-state index in [2.05, 4.69) is 9.88 Å². The Morgan fingerprint density at radius 1 is 1.00 bits per heavy atom. The van der Waals surface area contributed by atoms with Crippen LogP contribution in [0.3, 0.4) is 0 Å². The lowest BCUT2D eigenvalue weighted by molar-refractivity contribution is 0.0916. The summed E-state index contributed by atoms with van der Waals surface area (Å²) in [7, 11) is 0. The van der Waals surface area contributed by atoms with Crippen molar-refractivity contribution < 1.29 is 18.7 Å². The smallest absolute Gasteiger partial charge is 0.251 e. The molecule has 140 valence electrons. The summed E-state index contributed by atoms with van der Waals surface area (Å²) in [4.78, 5) is 12.3. The number of carbonyl (C=O) groups excluding carboxylic acids is 1. The lowest BCUT2D eigenvalue weighted by atomic mass is 10.1. The number of hydrogen-bond acceptors (Lipinski definition) is 2.